The van der Waals surface area contributed by atoms with Gasteiger partial charge in [-0.25, -0.2) is 0 Å². The second-order valence-corrected chi connectivity index (χ2v) is 2.51. The Balaban J connectivity index is 0. The van der Waals surface area contributed by atoms with Crippen molar-refractivity contribution in [3.05, 3.63) is 7.43 Å². The summed E-state index contributed by atoms with van der Waals surface area (Å²) in [6.45, 7) is 6.93. The zero-order chi connectivity index (χ0) is 7.40. The van der Waals surface area contributed by atoms with Crippen LogP contribution in [-0.4, -0.2) is 48.9 Å². The molecule has 0 aromatic heterocycles. The standard InChI is InChI=1S/C7H13N2O.CH3.W/c1-2-8-3-5-9(7-10)6-4-8;;/h2-6H2,1H3;1H3;/q2*-1;+2. The van der Waals surface area contributed by atoms with Gasteiger partial charge in [0.05, 0.1) is 0 Å². The van der Waals surface area contributed by atoms with Gasteiger partial charge in [0, 0.05) is 26.2 Å². The van der Waals surface area contributed by atoms with Crippen molar-refractivity contribution in [2.45, 2.75) is 6.92 Å². The predicted octanol–water partition coefficient (Wildman–Crippen LogP) is 0.139. The average molecular weight is 340 g/mol. The number of hydrogen-bond acceptors (Lipinski definition) is 2. The molecule has 1 saturated heterocycles. The summed E-state index contributed by atoms with van der Waals surface area (Å²) in [5.41, 5.74) is 0. The third-order valence-corrected chi connectivity index (χ3v) is 1.95. The van der Waals surface area contributed by atoms with Crippen molar-refractivity contribution >= 4 is 6.41 Å². The van der Waals surface area contributed by atoms with E-state index in [4.69, 9.17) is 0 Å². The molecule has 0 unspecified atom stereocenters. The Bertz CT molecular complexity index is 114. The molecule has 0 atom stereocenters. The molecule has 0 aliphatic carbocycles. The van der Waals surface area contributed by atoms with Crippen LogP contribution in [-0.2, 0) is 25.9 Å². The van der Waals surface area contributed by atoms with Crippen molar-refractivity contribution in [3.8, 4) is 0 Å². The Kier molecular flexibility index (Phi) is 9.45. The van der Waals surface area contributed by atoms with Crippen molar-refractivity contribution < 1.29 is 25.9 Å². The van der Waals surface area contributed by atoms with Crippen LogP contribution in [0.5, 0.6) is 0 Å². The van der Waals surface area contributed by atoms with Crippen LogP contribution in [0.25, 0.3) is 0 Å². The van der Waals surface area contributed by atoms with E-state index < -0.39 is 0 Å². The molecular formula is C8H16N2OW. The normalized spacial score (nSPS) is 17.6. The molecule has 3 nitrogen and oxygen atoms in total. The predicted molar refractivity (Wildman–Crippen MR) is 45.8 cm³/mol. The Morgan fingerprint density at radius 3 is 2.08 bits per heavy atom. The smallest absolute Gasteiger partial charge is 0.520 e. The maximum absolute atomic E-state index is 10.1. The molecule has 0 spiro atoms. The van der Waals surface area contributed by atoms with Crippen LogP contribution in [0.2, 0.25) is 0 Å². The summed E-state index contributed by atoms with van der Waals surface area (Å²) in [7, 11) is 0. The van der Waals surface area contributed by atoms with Gasteiger partial charge in [-0.05, 0) is 6.54 Å². The number of piperazine rings is 1. The van der Waals surface area contributed by atoms with Crippen molar-refractivity contribution in [2.24, 2.45) is 0 Å². The number of carbonyl (C=O) groups excluding carboxylic acids is 1. The van der Waals surface area contributed by atoms with Gasteiger partial charge in [0.25, 0.3) is 0 Å². The molecule has 1 amide bonds. The zero-order valence-corrected chi connectivity index (χ0v) is 10.7. The van der Waals surface area contributed by atoms with Gasteiger partial charge in [0.2, 0.25) is 0 Å². The van der Waals surface area contributed by atoms with Crippen molar-refractivity contribution in [3.63, 3.8) is 0 Å². The first-order chi connectivity index (χ1) is 4.86. The number of amides is 1. The quantitative estimate of drug-likeness (QED) is 0.668. The Hall–Kier alpha value is 0.118. The minimum Gasteiger partial charge on any atom is -0.520 e. The van der Waals surface area contributed by atoms with E-state index in [1.54, 1.807) is 4.90 Å². The summed E-state index contributed by atoms with van der Waals surface area (Å²) in [5, 5.41) is 0. The van der Waals surface area contributed by atoms with Gasteiger partial charge in [0.15, 0.2) is 0 Å². The summed E-state index contributed by atoms with van der Waals surface area (Å²) >= 11 is 0. The molecule has 0 aromatic carbocycles. The first-order valence-electron chi connectivity index (χ1n) is 3.72. The molecule has 0 saturated carbocycles. The maximum Gasteiger partial charge on any atom is 2.00 e. The van der Waals surface area contributed by atoms with Gasteiger partial charge in [-0.2, -0.15) is 6.41 Å². The largest absolute Gasteiger partial charge is 2.00 e. The fourth-order valence-corrected chi connectivity index (χ4v) is 1.16. The zero-order valence-electron chi connectivity index (χ0n) is 7.75. The van der Waals surface area contributed by atoms with Crippen molar-refractivity contribution in [2.75, 3.05) is 32.7 Å². The van der Waals surface area contributed by atoms with Crippen LogP contribution in [0.15, 0.2) is 0 Å². The molecule has 1 aliphatic rings. The molecule has 12 heavy (non-hydrogen) atoms. The molecule has 1 heterocycles. The van der Waals surface area contributed by atoms with Crippen LogP contribution >= 0.6 is 0 Å². The van der Waals surface area contributed by atoms with Crippen molar-refractivity contribution in [1.29, 1.82) is 0 Å². The Labute approximate surface area is 89.4 Å². The van der Waals surface area contributed by atoms with Gasteiger partial charge in [-0.15, -0.1) is 0 Å². The Morgan fingerprint density at radius 2 is 1.75 bits per heavy atom. The van der Waals surface area contributed by atoms with Gasteiger partial charge >= 0.3 is 21.1 Å². The van der Waals surface area contributed by atoms with E-state index in [0.717, 1.165) is 32.7 Å². The summed E-state index contributed by atoms with van der Waals surface area (Å²) in [6.07, 6.45) is 1.91. The second-order valence-electron chi connectivity index (χ2n) is 2.51. The van der Waals surface area contributed by atoms with Crippen LogP contribution in [0, 0.1) is 7.43 Å². The first kappa shape index (κ1) is 14.6. The summed E-state index contributed by atoms with van der Waals surface area (Å²) < 4.78 is 0. The Morgan fingerprint density at radius 1 is 1.25 bits per heavy atom. The monoisotopic (exact) mass is 340 g/mol. The van der Waals surface area contributed by atoms with E-state index >= 15 is 0 Å². The molecule has 1 aliphatic heterocycles. The third-order valence-electron chi connectivity index (χ3n) is 1.95. The molecule has 4 heteroatoms. The minimum absolute atomic E-state index is 0. The number of rotatable bonds is 2. The minimum atomic E-state index is 0. The van der Waals surface area contributed by atoms with E-state index in [0.29, 0.717) is 0 Å². The first-order valence-corrected chi connectivity index (χ1v) is 3.72. The number of hydrogen-bond donors (Lipinski definition) is 0. The van der Waals surface area contributed by atoms with Crippen LogP contribution < -0.4 is 0 Å². The van der Waals surface area contributed by atoms with E-state index in [1.165, 1.54) is 0 Å². The van der Waals surface area contributed by atoms with E-state index in [2.05, 4.69) is 11.8 Å². The molecule has 0 radical (unpaired) electrons. The fraction of sp³-hybridized carbons (Fsp3) is 0.750. The van der Waals surface area contributed by atoms with Gasteiger partial charge in [0.1, 0.15) is 0 Å². The molecule has 70 valence electrons. The van der Waals surface area contributed by atoms with Gasteiger partial charge < -0.3 is 22.0 Å². The fourth-order valence-electron chi connectivity index (χ4n) is 1.16. The maximum atomic E-state index is 10.1. The van der Waals surface area contributed by atoms with Crippen LogP contribution in [0.4, 0.5) is 0 Å². The van der Waals surface area contributed by atoms with Crippen LogP contribution in [0.1, 0.15) is 6.92 Å². The SMILES string of the molecule is CCN1CCN([C-]=O)CC1.[CH3-].[W+2]. The summed E-state index contributed by atoms with van der Waals surface area (Å²) in [6, 6.07) is 0. The molecule has 1 fully saturated rings. The van der Waals surface area contributed by atoms with Gasteiger partial charge in [-0.3, -0.25) is 0 Å². The van der Waals surface area contributed by atoms with E-state index in [-0.39, 0.29) is 28.5 Å². The third kappa shape index (κ3) is 4.22. The summed E-state index contributed by atoms with van der Waals surface area (Å²) in [4.78, 5) is 14.2. The molecule has 0 aromatic rings. The van der Waals surface area contributed by atoms with Crippen molar-refractivity contribution in [1.82, 2.24) is 9.80 Å². The number of likely N-dealkylation sites (N-methyl/N-ethyl adjacent to an activating group) is 1. The topological polar surface area (TPSA) is 23.6 Å². The van der Waals surface area contributed by atoms with Crippen LogP contribution in [0.3, 0.4) is 0 Å². The number of nitrogens with zero attached hydrogens (tertiary/aromatic N) is 2. The molecule has 0 bridgehead atoms. The molecular weight excluding hydrogens is 324 g/mol. The second kappa shape index (κ2) is 7.75. The van der Waals surface area contributed by atoms with Gasteiger partial charge in [-0.1, -0.05) is 6.92 Å². The molecule has 0 N–H and O–H groups in total. The average Bonchev–Trinajstić information content (AvgIpc) is 2.05. The van der Waals surface area contributed by atoms with E-state index in [1.807, 2.05) is 6.41 Å². The van der Waals surface area contributed by atoms with E-state index in [9.17, 15) is 4.79 Å². The summed E-state index contributed by atoms with van der Waals surface area (Å²) in [5.74, 6) is 0. The molecule has 1 rings (SSSR count).